The van der Waals surface area contributed by atoms with Gasteiger partial charge in [-0.25, -0.2) is 4.68 Å². The third-order valence-electron chi connectivity index (χ3n) is 4.93. The molecule has 0 radical (unpaired) electrons. The van der Waals surface area contributed by atoms with E-state index in [1.165, 1.54) is 27.7 Å². The van der Waals surface area contributed by atoms with Crippen molar-refractivity contribution in [2.24, 2.45) is 0 Å². The molecule has 170 valence electrons. The fraction of sp³-hybridized carbons (Fsp3) is 0.0455. The van der Waals surface area contributed by atoms with Crippen molar-refractivity contribution >= 4 is 57.6 Å². The van der Waals surface area contributed by atoms with Gasteiger partial charge in [0.2, 0.25) is 5.95 Å². The summed E-state index contributed by atoms with van der Waals surface area (Å²) in [6.07, 6.45) is 1.42. The Morgan fingerprint density at radius 1 is 1.03 bits per heavy atom. The van der Waals surface area contributed by atoms with Crippen LogP contribution in [0.1, 0.15) is 16.1 Å². The Kier molecular flexibility index (Phi) is 5.60. The van der Waals surface area contributed by atoms with Gasteiger partial charge in [-0.3, -0.25) is 14.6 Å². The average molecular weight is 515 g/mol. The molecule has 0 aliphatic rings. The van der Waals surface area contributed by atoms with Crippen molar-refractivity contribution in [2.75, 3.05) is 5.32 Å². The van der Waals surface area contributed by atoms with Crippen LogP contribution in [0.25, 0.3) is 22.7 Å². The van der Waals surface area contributed by atoms with Gasteiger partial charge in [0.05, 0.1) is 28.2 Å². The van der Waals surface area contributed by atoms with Crippen LogP contribution in [0.15, 0.2) is 59.5 Å². The van der Waals surface area contributed by atoms with Crippen LogP contribution >= 0.6 is 34.8 Å². The first-order chi connectivity index (χ1) is 16.3. The number of nitrogens with one attached hydrogen (secondary N) is 2. The number of halogens is 3. The normalized spacial score (nSPS) is 11.2. The van der Waals surface area contributed by atoms with Crippen molar-refractivity contribution in [2.45, 2.75) is 6.92 Å². The third kappa shape index (κ3) is 4.05. The molecule has 2 aromatic carbocycles. The molecule has 12 heteroatoms. The van der Waals surface area contributed by atoms with Gasteiger partial charge in [0, 0.05) is 16.1 Å². The van der Waals surface area contributed by atoms with E-state index in [1.807, 2.05) is 0 Å². The van der Waals surface area contributed by atoms with Crippen LogP contribution in [0.3, 0.4) is 0 Å². The number of anilines is 1. The van der Waals surface area contributed by atoms with Gasteiger partial charge in [0.1, 0.15) is 11.2 Å². The lowest BCUT2D eigenvalue weighted by atomic mass is 10.2. The van der Waals surface area contributed by atoms with E-state index in [1.54, 1.807) is 43.3 Å². The Hall–Kier alpha value is -3.66. The second kappa shape index (κ2) is 8.60. The summed E-state index contributed by atoms with van der Waals surface area (Å²) in [6.45, 7) is 1.74. The van der Waals surface area contributed by atoms with E-state index in [0.717, 1.165) is 0 Å². The Labute approximate surface area is 206 Å². The van der Waals surface area contributed by atoms with Crippen molar-refractivity contribution < 1.29 is 4.79 Å². The highest BCUT2D eigenvalue weighted by molar-refractivity contribution is 6.37. The van der Waals surface area contributed by atoms with Gasteiger partial charge in [-0.2, -0.15) is 19.9 Å². The van der Waals surface area contributed by atoms with E-state index < -0.39 is 11.5 Å². The van der Waals surface area contributed by atoms with Gasteiger partial charge in [0.15, 0.2) is 5.65 Å². The van der Waals surface area contributed by atoms with Crippen LogP contribution in [0, 0.1) is 6.92 Å². The lowest BCUT2D eigenvalue weighted by molar-refractivity contribution is 0.102. The second-order valence-electron chi connectivity index (χ2n) is 7.32. The molecule has 3 heterocycles. The van der Waals surface area contributed by atoms with Crippen molar-refractivity contribution in [3.05, 3.63) is 91.4 Å². The van der Waals surface area contributed by atoms with E-state index >= 15 is 0 Å². The summed E-state index contributed by atoms with van der Waals surface area (Å²) in [4.78, 5) is 32.9. The quantitative estimate of drug-likeness (QED) is 0.357. The summed E-state index contributed by atoms with van der Waals surface area (Å²) in [6, 6.07) is 13.2. The van der Waals surface area contributed by atoms with Crippen LogP contribution in [-0.2, 0) is 0 Å². The molecule has 0 aliphatic heterocycles. The van der Waals surface area contributed by atoms with Gasteiger partial charge in [0.25, 0.3) is 11.5 Å². The maximum atomic E-state index is 12.8. The first kappa shape index (κ1) is 22.1. The predicted octanol–water partition coefficient (Wildman–Crippen LogP) is 4.82. The summed E-state index contributed by atoms with van der Waals surface area (Å²) >= 11 is 18.2. The molecular formula is C22H14Cl3N7O2. The summed E-state index contributed by atoms with van der Waals surface area (Å²) in [5, 5.41) is 12.8. The lowest BCUT2D eigenvalue weighted by Crippen LogP contribution is -2.19. The number of benzene rings is 2. The van der Waals surface area contributed by atoms with Crippen LogP contribution in [0.4, 0.5) is 5.82 Å². The molecule has 3 aromatic heterocycles. The molecule has 5 aromatic rings. The average Bonchev–Trinajstić information content (AvgIpc) is 3.37. The highest BCUT2D eigenvalue weighted by Crippen LogP contribution is 2.24. The number of carbonyl (C=O) groups is 1. The number of amides is 1. The van der Waals surface area contributed by atoms with Crippen molar-refractivity contribution in [1.82, 2.24) is 29.5 Å². The number of H-pyrrole nitrogens is 1. The zero-order valence-corrected chi connectivity index (χ0v) is 19.7. The van der Waals surface area contributed by atoms with E-state index in [2.05, 4.69) is 25.5 Å². The SMILES string of the molecule is Cc1cc(NC(=O)c2ccc(Cl)cc2Cl)n(-c2nc3c(cnn3-c3cccc(Cl)c3)c(=O)[nH]2)n1. The van der Waals surface area contributed by atoms with E-state index in [9.17, 15) is 9.59 Å². The Balaban J connectivity index is 1.59. The number of nitrogens with zero attached hydrogens (tertiary/aromatic N) is 5. The predicted molar refractivity (Wildman–Crippen MR) is 131 cm³/mol. The largest absolute Gasteiger partial charge is 0.306 e. The fourth-order valence-corrected chi connectivity index (χ4v) is 4.09. The van der Waals surface area contributed by atoms with Crippen LogP contribution in [0.5, 0.6) is 0 Å². The highest BCUT2D eigenvalue weighted by Gasteiger charge is 2.18. The zero-order chi connectivity index (χ0) is 24.0. The summed E-state index contributed by atoms with van der Waals surface area (Å²) in [5.74, 6) is -0.105. The molecule has 34 heavy (non-hydrogen) atoms. The lowest BCUT2D eigenvalue weighted by Gasteiger charge is -2.10. The molecule has 9 nitrogen and oxygen atoms in total. The van der Waals surface area contributed by atoms with Gasteiger partial charge < -0.3 is 5.32 Å². The van der Waals surface area contributed by atoms with E-state index in [4.69, 9.17) is 34.8 Å². The minimum Gasteiger partial charge on any atom is -0.306 e. The number of aromatic nitrogens is 6. The highest BCUT2D eigenvalue weighted by atomic mass is 35.5. The van der Waals surface area contributed by atoms with E-state index in [-0.39, 0.29) is 27.7 Å². The zero-order valence-electron chi connectivity index (χ0n) is 17.4. The summed E-state index contributed by atoms with van der Waals surface area (Å²) in [7, 11) is 0. The second-order valence-corrected chi connectivity index (χ2v) is 8.60. The molecule has 0 spiro atoms. The van der Waals surface area contributed by atoms with Crippen molar-refractivity contribution in [1.29, 1.82) is 0 Å². The Morgan fingerprint density at radius 2 is 1.82 bits per heavy atom. The number of fused-ring (bicyclic) bond motifs is 1. The van der Waals surface area contributed by atoms with Crippen molar-refractivity contribution in [3.63, 3.8) is 0 Å². The minimum atomic E-state index is -0.477. The number of rotatable bonds is 4. The van der Waals surface area contributed by atoms with Gasteiger partial charge in [-0.05, 0) is 43.3 Å². The number of hydrogen-bond acceptors (Lipinski definition) is 5. The molecule has 0 atom stereocenters. The first-order valence-corrected chi connectivity index (χ1v) is 11.0. The van der Waals surface area contributed by atoms with Gasteiger partial charge in [-0.1, -0.05) is 40.9 Å². The molecule has 0 fully saturated rings. The smallest absolute Gasteiger partial charge is 0.263 e. The summed E-state index contributed by atoms with van der Waals surface area (Å²) < 4.78 is 2.83. The first-order valence-electron chi connectivity index (χ1n) is 9.87. The van der Waals surface area contributed by atoms with Gasteiger partial charge in [-0.15, -0.1) is 0 Å². The molecule has 0 saturated carbocycles. The number of aryl methyl sites for hydroxylation is 1. The summed E-state index contributed by atoms with van der Waals surface area (Å²) in [5.41, 5.74) is 1.33. The molecule has 0 aliphatic carbocycles. The standard InChI is InChI=1S/C22H14Cl3N7O2/c1-11-7-18(27-20(33)15-6-5-13(24)9-17(15)25)32(30-11)22-28-19-16(21(34)29-22)10-26-31(19)14-4-2-3-12(23)8-14/h2-10H,1H3,(H,27,33)(H,28,29,34). The van der Waals surface area contributed by atoms with Gasteiger partial charge >= 0.3 is 0 Å². The molecule has 2 N–H and O–H groups in total. The minimum absolute atomic E-state index is 0.0897. The Bertz CT molecular complexity index is 1640. The van der Waals surface area contributed by atoms with E-state index in [0.29, 0.717) is 27.1 Å². The fourth-order valence-electron chi connectivity index (χ4n) is 3.41. The number of carbonyl (C=O) groups excluding carboxylic acids is 1. The maximum Gasteiger partial charge on any atom is 0.263 e. The number of hydrogen-bond donors (Lipinski definition) is 2. The topological polar surface area (TPSA) is 110 Å². The molecule has 0 saturated heterocycles. The van der Waals surface area contributed by atoms with Crippen molar-refractivity contribution in [3.8, 4) is 11.6 Å². The monoisotopic (exact) mass is 513 g/mol. The molecular weight excluding hydrogens is 501 g/mol. The van der Waals surface area contributed by atoms with Crippen LogP contribution < -0.4 is 10.9 Å². The van der Waals surface area contributed by atoms with Crippen LogP contribution in [-0.4, -0.2) is 35.4 Å². The maximum absolute atomic E-state index is 12.8. The molecule has 1 amide bonds. The molecule has 5 rings (SSSR count). The third-order valence-corrected chi connectivity index (χ3v) is 5.71. The number of aromatic amines is 1. The Morgan fingerprint density at radius 3 is 2.59 bits per heavy atom. The molecule has 0 unspecified atom stereocenters. The molecule has 0 bridgehead atoms. The van der Waals surface area contributed by atoms with Crippen LogP contribution in [0.2, 0.25) is 15.1 Å².